The van der Waals surface area contributed by atoms with Crippen molar-refractivity contribution < 1.29 is 9.21 Å². The summed E-state index contributed by atoms with van der Waals surface area (Å²) in [4.78, 5) is 11.7. The van der Waals surface area contributed by atoms with Crippen LogP contribution in [-0.4, -0.2) is 23.2 Å². The molecule has 2 aromatic heterocycles. The molecule has 0 aliphatic rings. The molecule has 0 radical (unpaired) electrons. The minimum absolute atomic E-state index is 0.248. The van der Waals surface area contributed by atoms with Crippen LogP contribution in [0.15, 0.2) is 29.0 Å². The highest BCUT2D eigenvalue weighted by Crippen LogP contribution is 2.10. The van der Waals surface area contributed by atoms with Gasteiger partial charge in [0.1, 0.15) is 5.76 Å². The molecule has 0 saturated carbocycles. The number of rotatable bonds is 4. The maximum absolute atomic E-state index is 11.7. The summed E-state index contributed by atoms with van der Waals surface area (Å²) in [5.41, 5.74) is 1.01. The van der Waals surface area contributed by atoms with E-state index in [-0.39, 0.29) is 5.91 Å². The van der Waals surface area contributed by atoms with Gasteiger partial charge in [0.25, 0.3) is 5.91 Å². The molecule has 6 nitrogen and oxygen atoms in total. The number of carbonyl (C=O) groups excluding carboxylic acids is 1. The Morgan fingerprint density at radius 3 is 3.19 bits per heavy atom. The molecule has 0 aromatic carbocycles. The summed E-state index contributed by atoms with van der Waals surface area (Å²) >= 11 is 0. The highest BCUT2D eigenvalue weighted by molar-refractivity contribution is 5.97. The zero-order valence-corrected chi connectivity index (χ0v) is 8.78. The Morgan fingerprint density at radius 1 is 1.62 bits per heavy atom. The van der Waals surface area contributed by atoms with Crippen molar-refractivity contribution >= 4 is 11.6 Å². The molecule has 2 rings (SSSR count). The Kier molecular flexibility index (Phi) is 2.90. The normalized spacial score (nSPS) is 10.1. The Hall–Kier alpha value is -2.24. The van der Waals surface area contributed by atoms with Crippen LogP contribution in [0.4, 0.5) is 5.69 Å². The van der Waals surface area contributed by atoms with E-state index in [2.05, 4.69) is 20.8 Å². The summed E-state index contributed by atoms with van der Waals surface area (Å²) in [6, 6.07) is 3.57. The van der Waals surface area contributed by atoms with Crippen LogP contribution in [0.5, 0.6) is 0 Å². The summed E-state index contributed by atoms with van der Waals surface area (Å²) < 4.78 is 5.10. The maximum atomic E-state index is 11.7. The van der Waals surface area contributed by atoms with Crippen molar-refractivity contribution in [1.29, 1.82) is 0 Å². The lowest BCUT2D eigenvalue weighted by molar-refractivity contribution is 0.0944. The van der Waals surface area contributed by atoms with E-state index in [4.69, 9.17) is 4.42 Å². The minimum atomic E-state index is -0.248. The predicted molar refractivity (Wildman–Crippen MR) is 58.0 cm³/mol. The van der Waals surface area contributed by atoms with Crippen LogP contribution in [0.3, 0.4) is 0 Å². The van der Waals surface area contributed by atoms with Gasteiger partial charge >= 0.3 is 0 Å². The van der Waals surface area contributed by atoms with E-state index in [1.807, 2.05) is 0 Å². The Bertz CT molecular complexity index is 461. The largest absolute Gasteiger partial charge is 0.467 e. The zero-order chi connectivity index (χ0) is 11.4. The van der Waals surface area contributed by atoms with Gasteiger partial charge in [0.2, 0.25) is 0 Å². The molecule has 2 aromatic rings. The molecule has 6 heteroatoms. The lowest BCUT2D eigenvalue weighted by Crippen LogP contribution is -2.23. The Balaban J connectivity index is 1.98. The molecule has 0 bridgehead atoms. The van der Waals surface area contributed by atoms with Crippen molar-refractivity contribution in [2.24, 2.45) is 0 Å². The Morgan fingerprint density at radius 2 is 2.50 bits per heavy atom. The van der Waals surface area contributed by atoms with Gasteiger partial charge in [0.15, 0.2) is 5.69 Å². The maximum Gasteiger partial charge on any atom is 0.274 e. The van der Waals surface area contributed by atoms with Gasteiger partial charge in [-0.1, -0.05) is 0 Å². The van der Waals surface area contributed by atoms with Crippen LogP contribution in [0.1, 0.15) is 16.2 Å². The van der Waals surface area contributed by atoms with Crippen molar-refractivity contribution in [2.75, 3.05) is 12.4 Å². The molecule has 84 valence electrons. The first kappa shape index (κ1) is 10.3. The van der Waals surface area contributed by atoms with E-state index in [1.165, 1.54) is 0 Å². The van der Waals surface area contributed by atoms with Crippen molar-refractivity contribution in [2.45, 2.75) is 6.54 Å². The smallest absolute Gasteiger partial charge is 0.274 e. The predicted octanol–water partition coefficient (Wildman–Crippen LogP) is 0.974. The van der Waals surface area contributed by atoms with Gasteiger partial charge in [-0.25, -0.2) is 0 Å². The fraction of sp³-hybridized carbons (Fsp3) is 0.200. The number of hydrogen-bond donors (Lipinski definition) is 3. The van der Waals surface area contributed by atoms with Crippen LogP contribution in [0.25, 0.3) is 0 Å². The quantitative estimate of drug-likeness (QED) is 0.717. The summed E-state index contributed by atoms with van der Waals surface area (Å²) in [7, 11) is 1.73. The van der Waals surface area contributed by atoms with Crippen LogP contribution in [0.2, 0.25) is 0 Å². The van der Waals surface area contributed by atoms with E-state index in [1.54, 1.807) is 31.6 Å². The minimum Gasteiger partial charge on any atom is -0.467 e. The van der Waals surface area contributed by atoms with Crippen molar-refractivity contribution in [1.82, 2.24) is 15.5 Å². The highest BCUT2D eigenvalue weighted by Gasteiger charge is 2.13. The lowest BCUT2D eigenvalue weighted by Gasteiger charge is -2.02. The molecule has 0 fully saturated rings. The first-order valence-corrected chi connectivity index (χ1v) is 4.83. The summed E-state index contributed by atoms with van der Waals surface area (Å²) in [6.45, 7) is 0.349. The molecule has 3 N–H and O–H groups in total. The second-order valence-corrected chi connectivity index (χ2v) is 3.16. The topological polar surface area (TPSA) is 83.0 Å². The lowest BCUT2D eigenvalue weighted by atomic mass is 10.3. The van der Waals surface area contributed by atoms with Gasteiger partial charge in [-0.3, -0.25) is 9.89 Å². The molecule has 2 heterocycles. The number of furan rings is 1. The summed E-state index contributed by atoms with van der Waals surface area (Å²) in [5, 5.41) is 12.1. The van der Waals surface area contributed by atoms with Gasteiger partial charge in [-0.2, -0.15) is 5.10 Å². The van der Waals surface area contributed by atoms with Crippen LogP contribution in [-0.2, 0) is 6.54 Å². The average Bonchev–Trinajstić information content (AvgIpc) is 2.96. The van der Waals surface area contributed by atoms with E-state index in [0.717, 1.165) is 0 Å². The zero-order valence-electron chi connectivity index (χ0n) is 8.78. The SMILES string of the molecule is CNc1c[nH]nc1C(=O)NCc1ccco1. The number of anilines is 1. The number of nitrogens with one attached hydrogen (secondary N) is 3. The van der Waals surface area contributed by atoms with Gasteiger partial charge < -0.3 is 15.1 Å². The number of H-pyrrole nitrogens is 1. The molecular weight excluding hydrogens is 208 g/mol. The van der Waals surface area contributed by atoms with E-state index >= 15 is 0 Å². The van der Waals surface area contributed by atoms with Gasteiger partial charge in [-0.15, -0.1) is 0 Å². The monoisotopic (exact) mass is 220 g/mol. The first-order valence-electron chi connectivity index (χ1n) is 4.83. The number of hydrogen-bond acceptors (Lipinski definition) is 4. The van der Waals surface area contributed by atoms with E-state index in [9.17, 15) is 4.79 Å². The molecule has 0 unspecified atom stereocenters. The number of carbonyl (C=O) groups is 1. The summed E-state index contributed by atoms with van der Waals surface area (Å²) in [5.74, 6) is 0.455. The van der Waals surface area contributed by atoms with Crippen LogP contribution in [0, 0.1) is 0 Å². The highest BCUT2D eigenvalue weighted by atomic mass is 16.3. The molecule has 0 aliphatic carbocycles. The average molecular weight is 220 g/mol. The van der Waals surface area contributed by atoms with Gasteiger partial charge in [0, 0.05) is 13.2 Å². The van der Waals surface area contributed by atoms with Crippen LogP contribution >= 0.6 is 0 Å². The molecule has 0 aliphatic heterocycles. The molecule has 0 spiro atoms. The fourth-order valence-corrected chi connectivity index (χ4v) is 1.32. The molecule has 0 saturated heterocycles. The van der Waals surface area contributed by atoms with Crippen molar-refractivity contribution in [3.63, 3.8) is 0 Å². The number of amides is 1. The van der Waals surface area contributed by atoms with Gasteiger partial charge in [-0.05, 0) is 12.1 Å². The third kappa shape index (κ3) is 2.05. The van der Waals surface area contributed by atoms with Crippen LogP contribution < -0.4 is 10.6 Å². The third-order valence-electron chi connectivity index (χ3n) is 2.13. The molecular formula is C10H12N4O2. The van der Waals surface area contributed by atoms with E-state index in [0.29, 0.717) is 23.7 Å². The molecule has 1 amide bonds. The molecule has 0 atom stereocenters. The van der Waals surface area contributed by atoms with Crippen molar-refractivity contribution in [3.8, 4) is 0 Å². The second-order valence-electron chi connectivity index (χ2n) is 3.16. The first-order chi connectivity index (χ1) is 7.81. The standard InChI is InChI=1S/C10H12N4O2/c1-11-8-6-13-14-9(8)10(15)12-5-7-3-2-4-16-7/h2-4,6,11H,5H2,1H3,(H,12,15)(H,13,14). The summed E-state index contributed by atoms with van der Waals surface area (Å²) in [6.07, 6.45) is 3.19. The fourth-order valence-electron chi connectivity index (χ4n) is 1.32. The second kappa shape index (κ2) is 4.52. The molecule has 16 heavy (non-hydrogen) atoms. The third-order valence-corrected chi connectivity index (χ3v) is 2.13. The Labute approximate surface area is 92.0 Å². The number of aromatic amines is 1. The van der Waals surface area contributed by atoms with E-state index < -0.39 is 0 Å². The number of nitrogens with zero attached hydrogens (tertiary/aromatic N) is 1. The number of aromatic nitrogens is 2. The van der Waals surface area contributed by atoms with Crippen molar-refractivity contribution in [3.05, 3.63) is 36.0 Å². The van der Waals surface area contributed by atoms with Gasteiger partial charge in [0.05, 0.1) is 18.5 Å².